The van der Waals surface area contributed by atoms with E-state index in [9.17, 15) is 4.79 Å². The van der Waals surface area contributed by atoms with Crippen molar-refractivity contribution in [2.45, 2.75) is 33.4 Å². The van der Waals surface area contributed by atoms with E-state index in [0.29, 0.717) is 18.7 Å². The number of carbonyl (C=O) groups is 1. The molecule has 0 aliphatic rings. The zero-order chi connectivity index (χ0) is 18.4. The van der Waals surface area contributed by atoms with E-state index in [1.807, 2.05) is 37.3 Å². The van der Waals surface area contributed by atoms with Crippen LogP contribution >= 0.6 is 0 Å². The second kappa shape index (κ2) is 8.67. The van der Waals surface area contributed by atoms with E-state index >= 15 is 0 Å². The van der Waals surface area contributed by atoms with E-state index in [-0.39, 0.29) is 11.8 Å². The van der Waals surface area contributed by atoms with Crippen LogP contribution < -0.4 is 9.47 Å². The fraction of sp³-hybridized carbons (Fsp3) is 0.381. The average molecular weight is 341 g/mol. The van der Waals surface area contributed by atoms with E-state index < -0.39 is 0 Å². The summed E-state index contributed by atoms with van der Waals surface area (Å²) < 4.78 is 11.0. The molecule has 2 aromatic rings. The number of benzene rings is 2. The largest absolute Gasteiger partial charge is 0.497 e. The Hall–Kier alpha value is -2.33. The van der Waals surface area contributed by atoms with Crippen LogP contribution in [0.25, 0.3) is 0 Å². The van der Waals surface area contributed by atoms with E-state index in [1.165, 1.54) is 5.56 Å². The van der Waals surface area contributed by atoms with Gasteiger partial charge in [0.1, 0.15) is 11.5 Å². The lowest BCUT2D eigenvalue weighted by Crippen LogP contribution is -2.22. The summed E-state index contributed by atoms with van der Waals surface area (Å²) in [7, 11) is 3.74. The second-order valence-electron chi connectivity index (χ2n) is 6.18. The molecule has 4 nitrogen and oxygen atoms in total. The summed E-state index contributed by atoms with van der Waals surface area (Å²) >= 11 is 0. The lowest BCUT2D eigenvalue weighted by atomic mass is 10.0. The van der Waals surface area contributed by atoms with Crippen molar-refractivity contribution in [2.75, 3.05) is 20.8 Å². The van der Waals surface area contributed by atoms with Gasteiger partial charge in [-0.2, -0.15) is 0 Å². The third-order valence-corrected chi connectivity index (χ3v) is 4.45. The molecule has 1 atom stereocenters. The number of nitrogens with zero attached hydrogens (tertiary/aromatic N) is 1. The Morgan fingerprint density at radius 1 is 1.16 bits per heavy atom. The van der Waals surface area contributed by atoms with Crippen molar-refractivity contribution in [3.8, 4) is 11.5 Å². The number of rotatable bonds is 8. The molecule has 4 heteroatoms. The van der Waals surface area contributed by atoms with Crippen LogP contribution in [-0.4, -0.2) is 31.4 Å². The molecule has 0 radical (unpaired) electrons. The molecule has 2 aromatic carbocycles. The lowest BCUT2D eigenvalue weighted by Gasteiger charge is -2.26. The predicted octanol–water partition coefficient (Wildman–Crippen LogP) is 4.49. The molecule has 1 unspecified atom stereocenters. The smallest absolute Gasteiger partial charge is 0.159 e. The van der Waals surface area contributed by atoms with Crippen LogP contribution in [0.2, 0.25) is 0 Å². The molecule has 25 heavy (non-hydrogen) atoms. The van der Waals surface area contributed by atoms with Gasteiger partial charge in [0.15, 0.2) is 5.78 Å². The second-order valence-corrected chi connectivity index (χ2v) is 6.18. The highest BCUT2D eigenvalue weighted by Crippen LogP contribution is 2.27. The number of methoxy groups -OCH3 is 1. The molecule has 0 saturated heterocycles. The van der Waals surface area contributed by atoms with E-state index in [0.717, 1.165) is 17.1 Å². The van der Waals surface area contributed by atoms with Crippen molar-refractivity contribution in [1.29, 1.82) is 0 Å². The van der Waals surface area contributed by atoms with Gasteiger partial charge in [0, 0.05) is 23.7 Å². The summed E-state index contributed by atoms with van der Waals surface area (Å²) in [4.78, 5) is 13.9. The molecule has 0 aromatic heterocycles. The Bertz CT molecular complexity index is 710. The molecule has 0 bridgehead atoms. The maximum absolute atomic E-state index is 11.7. The number of ether oxygens (including phenoxy) is 2. The minimum absolute atomic E-state index is 0.0650. The van der Waals surface area contributed by atoms with Crippen LogP contribution in [0.3, 0.4) is 0 Å². The first-order valence-electron chi connectivity index (χ1n) is 8.57. The van der Waals surface area contributed by atoms with Crippen LogP contribution in [0.4, 0.5) is 0 Å². The Balaban J connectivity index is 2.20. The van der Waals surface area contributed by atoms with Crippen molar-refractivity contribution in [2.24, 2.45) is 0 Å². The summed E-state index contributed by atoms with van der Waals surface area (Å²) in [6.07, 6.45) is 0. The molecule has 0 fully saturated rings. The summed E-state index contributed by atoms with van der Waals surface area (Å²) in [5, 5.41) is 0. The summed E-state index contributed by atoms with van der Waals surface area (Å²) in [6.45, 7) is 7.01. The standard InChI is InChI=1S/C21H27NO3/c1-6-25-21-12-9-18(16(3)23)13-19(21)14-22(4)15(2)17-7-10-20(24-5)11-8-17/h7-13,15H,6,14H2,1-5H3. The molecule has 0 amide bonds. The molecule has 0 aliphatic carbocycles. The summed E-state index contributed by atoms with van der Waals surface area (Å²) in [5.74, 6) is 1.75. The molecule has 0 heterocycles. The molecule has 0 saturated carbocycles. The third-order valence-electron chi connectivity index (χ3n) is 4.45. The van der Waals surface area contributed by atoms with Gasteiger partial charge in [-0.05, 0) is 63.7 Å². The van der Waals surface area contributed by atoms with Gasteiger partial charge >= 0.3 is 0 Å². The van der Waals surface area contributed by atoms with Crippen molar-refractivity contribution < 1.29 is 14.3 Å². The summed E-state index contributed by atoms with van der Waals surface area (Å²) in [6, 6.07) is 14.0. The van der Waals surface area contributed by atoms with Gasteiger partial charge in [0.05, 0.1) is 13.7 Å². The molecular formula is C21H27NO3. The minimum atomic E-state index is 0.0650. The van der Waals surface area contributed by atoms with Gasteiger partial charge in [-0.15, -0.1) is 0 Å². The van der Waals surface area contributed by atoms with Gasteiger partial charge in [0.2, 0.25) is 0 Å². The molecule has 2 rings (SSSR count). The molecule has 0 N–H and O–H groups in total. The Morgan fingerprint density at radius 2 is 1.84 bits per heavy atom. The van der Waals surface area contributed by atoms with Gasteiger partial charge in [-0.1, -0.05) is 12.1 Å². The average Bonchev–Trinajstić information content (AvgIpc) is 2.62. The monoisotopic (exact) mass is 341 g/mol. The zero-order valence-electron chi connectivity index (χ0n) is 15.7. The molecule has 134 valence electrons. The van der Waals surface area contributed by atoms with E-state index in [4.69, 9.17) is 9.47 Å². The van der Waals surface area contributed by atoms with Gasteiger partial charge < -0.3 is 9.47 Å². The normalized spacial score (nSPS) is 12.1. The van der Waals surface area contributed by atoms with Crippen molar-refractivity contribution in [1.82, 2.24) is 4.90 Å². The number of hydrogen-bond donors (Lipinski definition) is 0. The fourth-order valence-corrected chi connectivity index (χ4v) is 2.76. The van der Waals surface area contributed by atoms with E-state index in [1.54, 1.807) is 14.0 Å². The van der Waals surface area contributed by atoms with Gasteiger partial charge in [0.25, 0.3) is 0 Å². The first kappa shape index (κ1) is 19.0. The first-order valence-corrected chi connectivity index (χ1v) is 8.57. The van der Waals surface area contributed by atoms with Crippen LogP contribution in [0.1, 0.15) is 48.3 Å². The number of carbonyl (C=O) groups excluding carboxylic acids is 1. The maximum atomic E-state index is 11.7. The topological polar surface area (TPSA) is 38.8 Å². The zero-order valence-corrected chi connectivity index (χ0v) is 15.7. The predicted molar refractivity (Wildman–Crippen MR) is 100 cm³/mol. The molecular weight excluding hydrogens is 314 g/mol. The Morgan fingerprint density at radius 3 is 2.40 bits per heavy atom. The highest BCUT2D eigenvalue weighted by molar-refractivity contribution is 5.94. The van der Waals surface area contributed by atoms with Crippen molar-refractivity contribution >= 4 is 5.78 Å². The fourth-order valence-electron chi connectivity index (χ4n) is 2.76. The first-order chi connectivity index (χ1) is 12.0. The van der Waals surface area contributed by atoms with Crippen LogP contribution in [-0.2, 0) is 6.54 Å². The minimum Gasteiger partial charge on any atom is -0.497 e. The number of ketones is 1. The highest BCUT2D eigenvalue weighted by Gasteiger charge is 2.15. The van der Waals surface area contributed by atoms with Crippen LogP contribution in [0, 0.1) is 0 Å². The number of Topliss-reactive ketones (excluding diaryl/α,β-unsaturated/α-hetero) is 1. The molecule has 0 spiro atoms. The molecule has 0 aliphatic heterocycles. The maximum Gasteiger partial charge on any atom is 0.159 e. The van der Waals surface area contributed by atoms with E-state index in [2.05, 4.69) is 31.0 Å². The highest BCUT2D eigenvalue weighted by atomic mass is 16.5. The Labute approximate surface area is 150 Å². The number of hydrogen-bond acceptors (Lipinski definition) is 4. The third kappa shape index (κ3) is 4.83. The lowest BCUT2D eigenvalue weighted by molar-refractivity contribution is 0.101. The quantitative estimate of drug-likeness (QED) is 0.663. The van der Waals surface area contributed by atoms with Crippen molar-refractivity contribution in [3.63, 3.8) is 0 Å². The SMILES string of the molecule is CCOc1ccc(C(C)=O)cc1CN(C)C(C)c1ccc(OC)cc1. The van der Waals surface area contributed by atoms with Crippen LogP contribution in [0.5, 0.6) is 11.5 Å². The summed E-state index contributed by atoms with van der Waals surface area (Å²) in [5.41, 5.74) is 2.95. The van der Waals surface area contributed by atoms with Crippen molar-refractivity contribution in [3.05, 3.63) is 59.2 Å². The van der Waals surface area contributed by atoms with Crippen LogP contribution in [0.15, 0.2) is 42.5 Å². The Kier molecular flexibility index (Phi) is 6.59. The van der Waals surface area contributed by atoms with Gasteiger partial charge in [-0.3, -0.25) is 9.69 Å². The van der Waals surface area contributed by atoms with Gasteiger partial charge in [-0.25, -0.2) is 0 Å².